The van der Waals surface area contributed by atoms with Gasteiger partial charge in [-0.25, -0.2) is 0 Å². The van der Waals surface area contributed by atoms with Crippen LogP contribution in [0.3, 0.4) is 0 Å². The van der Waals surface area contributed by atoms with E-state index in [1.165, 1.54) is 66.1 Å². The molecular weight excluding hydrogens is 639 g/mol. The molecule has 0 heterocycles. The number of nitrogens with zero attached hydrogens (tertiary/aromatic N) is 1. The van der Waals surface area contributed by atoms with Gasteiger partial charge in [-0.15, -0.1) is 0 Å². The normalized spacial score (nSPS) is 12.0. The fourth-order valence-electron chi connectivity index (χ4n) is 7.69. The highest BCUT2D eigenvalue weighted by molar-refractivity contribution is 6.09. The van der Waals surface area contributed by atoms with Crippen LogP contribution >= 0.6 is 0 Å². The first kappa shape index (κ1) is 34.2. The minimum Gasteiger partial charge on any atom is -0.309 e. The van der Waals surface area contributed by atoms with E-state index in [0.717, 1.165) is 17.1 Å². The van der Waals surface area contributed by atoms with Crippen LogP contribution in [0.25, 0.3) is 54.9 Å². The summed E-state index contributed by atoms with van der Waals surface area (Å²) in [5.41, 5.74) is 13.3. The van der Waals surface area contributed by atoms with E-state index < -0.39 is 0 Å². The molecule has 0 aliphatic carbocycles. The number of hydrogen-bond acceptors (Lipinski definition) is 1. The van der Waals surface area contributed by atoms with Crippen molar-refractivity contribution in [2.45, 2.75) is 52.4 Å². The number of benzene rings is 8. The highest BCUT2D eigenvalue weighted by Gasteiger charge is 2.27. The predicted octanol–water partition coefficient (Wildman–Crippen LogP) is 15.1. The maximum absolute atomic E-state index is 2.53. The van der Waals surface area contributed by atoms with Crippen molar-refractivity contribution in [1.29, 1.82) is 0 Å². The minimum absolute atomic E-state index is 0.0451. The molecule has 0 radical (unpaired) electrons. The van der Waals surface area contributed by atoms with Crippen LogP contribution in [0.5, 0.6) is 0 Å². The van der Waals surface area contributed by atoms with Gasteiger partial charge in [0.2, 0.25) is 0 Å². The molecule has 0 aliphatic rings. The van der Waals surface area contributed by atoms with Gasteiger partial charge in [-0.05, 0) is 90.0 Å². The molecule has 8 aromatic rings. The van der Waals surface area contributed by atoms with Crippen molar-refractivity contribution < 1.29 is 0 Å². The van der Waals surface area contributed by atoms with Gasteiger partial charge in [0, 0.05) is 16.8 Å². The van der Waals surface area contributed by atoms with Gasteiger partial charge in [0.25, 0.3) is 0 Å². The van der Waals surface area contributed by atoms with Crippen molar-refractivity contribution in [1.82, 2.24) is 0 Å². The molecule has 0 unspecified atom stereocenters. The molecule has 260 valence electrons. The first-order valence-corrected chi connectivity index (χ1v) is 18.8. The average Bonchev–Trinajstić information content (AvgIpc) is 3.17. The van der Waals surface area contributed by atoms with E-state index in [0.29, 0.717) is 0 Å². The summed E-state index contributed by atoms with van der Waals surface area (Å²) in [5, 5.41) is 4.97. The SMILES string of the molecule is CC(C)(C)c1cc(N(c2ccccc2-c2cccc3ccccc23)c2ccccc2-c2cccc3cccc(-c4ccccc4)c23)cc(C(C)(C)C)c1. The Labute approximate surface area is 315 Å². The van der Waals surface area contributed by atoms with Gasteiger partial charge in [0.05, 0.1) is 11.4 Å². The lowest BCUT2D eigenvalue weighted by atomic mass is 9.80. The Morgan fingerprint density at radius 3 is 1.43 bits per heavy atom. The molecule has 0 atom stereocenters. The van der Waals surface area contributed by atoms with Crippen LogP contribution in [0.15, 0.2) is 176 Å². The van der Waals surface area contributed by atoms with Crippen molar-refractivity contribution >= 4 is 38.6 Å². The number of fused-ring (bicyclic) bond motifs is 2. The summed E-state index contributed by atoms with van der Waals surface area (Å²) in [6.45, 7) is 13.9. The molecule has 0 fully saturated rings. The molecular formula is C52H47N. The number of rotatable bonds is 6. The zero-order valence-electron chi connectivity index (χ0n) is 31.7. The topological polar surface area (TPSA) is 3.24 Å². The lowest BCUT2D eigenvalue weighted by molar-refractivity contribution is 0.569. The third-order valence-electron chi connectivity index (χ3n) is 10.6. The molecule has 53 heavy (non-hydrogen) atoms. The van der Waals surface area contributed by atoms with E-state index in [1.807, 2.05) is 0 Å². The van der Waals surface area contributed by atoms with Crippen molar-refractivity contribution in [3.05, 3.63) is 187 Å². The van der Waals surface area contributed by atoms with Crippen molar-refractivity contribution in [3.63, 3.8) is 0 Å². The van der Waals surface area contributed by atoms with Crippen molar-refractivity contribution in [3.8, 4) is 33.4 Å². The number of para-hydroxylation sites is 2. The van der Waals surface area contributed by atoms with E-state index in [1.54, 1.807) is 0 Å². The fourth-order valence-corrected chi connectivity index (χ4v) is 7.69. The smallest absolute Gasteiger partial charge is 0.0540 e. The van der Waals surface area contributed by atoms with Crippen LogP contribution < -0.4 is 4.90 Å². The Balaban J connectivity index is 1.47. The molecule has 1 nitrogen and oxygen atoms in total. The molecule has 1 heteroatoms. The Morgan fingerprint density at radius 1 is 0.358 bits per heavy atom. The lowest BCUT2D eigenvalue weighted by Gasteiger charge is -2.33. The summed E-state index contributed by atoms with van der Waals surface area (Å²) in [4.78, 5) is 2.53. The molecule has 0 bridgehead atoms. The predicted molar refractivity (Wildman–Crippen MR) is 230 cm³/mol. The van der Waals surface area contributed by atoms with Gasteiger partial charge in [0.15, 0.2) is 0 Å². The molecule has 0 saturated heterocycles. The van der Waals surface area contributed by atoms with Gasteiger partial charge in [-0.1, -0.05) is 193 Å². The summed E-state index contributed by atoms with van der Waals surface area (Å²) in [5.74, 6) is 0. The number of anilines is 3. The molecule has 0 amide bonds. The molecule has 8 rings (SSSR count). The molecule has 0 aliphatic heterocycles. The molecule has 0 aromatic heterocycles. The summed E-state index contributed by atoms with van der Waals surface area (Å²) in [6, 6.07) is 64.8. The first-order chi connectivity index (χ1) is 25.6. The van der Waals surface area contributed by atoms with Gasteiger partial charge >= 0.3 is 0 Å². The van der Waals surface area contributed by atoms with Crippen LogP contribution in [0.1, 0.15) is 52.7 Å². The maximum atomic E-state index is 2.53. The first-order valence-electron chi connectivity index (χ1n) is 18.8. The second-order valence-corrected chi connectivity index (χ2v) is 16.2. The average molecular weight is 686 g/mol. The van der Waals surface area contributed by atoms with Crippen LogP contribution in [0.4, 0.5) is 17.1 Å². The van der Waals surface area contributed by atoms with Gasteiger partial charge in [-0.3, -0.25) is 0 Å². The summed E-state index contributed by atoms with van der Waals surface area (Å²) < 4.78 is 0. The van der Waals surface area contributed by atoms with Crippen LogP contribution in [-0.2, 0) is 10.8 Å². The molecule has 8 aromatic carbocycles. The minimum atomic E-state index is -0.0451. The van der Waals surface area contributed by atoms with E-state index in [2.05, 4.69) is 222 Å². The van der Waals surface area contributed by atoms with Gasteiger partial charge in [0.1, 0.15) is 0 Å². The Morgan fingerprint density at radius 2 is 0.811 bits per heavy atom. The number of hydrogen-bond donors (Lipinski definition) is 0. The largest absolute Gasteiger partial charge is 0.309 e. The highest BCUT2D eigenvalue weighted by atomic mass is 15.1. The second-order valence-electron chi connectivity index (χ2n) is 16.2. The third kappa shape index (κ3) is 6.53. The van der Waals surface area contributed by atoms with Gasteiger partial charge < -0.3 is 4.90 Å². The van der Waals surface area contributed by atoms with Gasteiger partial charge in [-0.2, -0.15) is 0 Å². The molecule has 0 N–H and O–H groups in total. The third-order valence-corrected chi connectivity index (χ3v) is 10.6. The Kier molecular flexibility index (Phi) is 8.75. The zero-order valence-corrected chi connectivity index (χ0v) is 31.7. The summed E-state index contributed by atoms with van der Waals surface area (Å²) in [6.07, 6.45) is 0. The Bertz CT molecular complexity index is 2540. The highest BCUT2D eigenvalue weighted by Crippen LogP contribution is 2.49. The summed E-state index contributed by atoms with van der Waals surface area (Å²) in [7, 11) is 0. The van der Waals surface area contributed by atoms with E-state index >= 15 is 0 Å². The lowest BCUT2D eigenvalue weighted by Crippen LogP contribution is -2.19. The van der Waals surface area contributed by atoms with Crippen molar-refractivity contribution in [2.75, 3.05) is 4.90 Å². The molecule has 0 spiro atoms. The summed E-state index contributed by atoms with van der Waals surface area (Å²) >= 11 is 0. The zero-order chi connectivity index (χ0) is 36.7. The monoisotopic (exact) mass is 685 g/mol. The van der Waals surface area contributed by atoms with E-state index in [9.17, 15) is 0 Å². The second kappa shape index (κ2) is 13.6. The Hall–Kier alpha value is -5.92. The standard InChI is InChI=1S/C52H47N/c1-51(2,3)39-33-40(52(4,5)6)35-41(34-39)53(48-31-14-12-26-45(48)44-29-16-22-36-21-10-11-25-42(36)44)49-32-15-13-27-46(49)47-30-18-24-38-23-17-28-43(50(38)47)37-19-8-7-9-20-37/h7-35H,1-6H3. The van der Waals surface area contributed by atoms with Crippen LogP contribution in [-0.4, -0.2) is 0 Å². The van der Waals surface area contributed by atoms with Crippen molar-refractivity contribution in [2.24, 2.45) is 0 Å². The fraction of sp³-hybridized carbons (Fsp3) is 0.154. The van der Waals surface area contributed by atoms with E-state index in [4.69, 9.17) is 0 Å². The van der Waals surface area contributed by atoms with Crippen LogP contribution in [0, 0.1) is 0 Å². The van der Waals surface area contributed by atoms with Crippen LogP contribution in [0.2, 0.25) is 0 Å². The van der Waals surface area contributed by atoms with E-state index in [-0.39, 0.29) is 10.8 Å². The molecule has 0 saturated carbocycles. The maximum Gasteiger partial charge on any atom is 0.0540 e. The quantitative estimate of drug-likeness (QED) is 0.168.